The molecule has 1 amide bonds. The fourth-order valence-corrected chi connectivity index (χ4v) is 5.36. The number of amides is 1. The monoisotopic (exact) mass is 530 g/mol. The van der Waals surface area contributed by atoms with Crippen LogP contribution in [0.1, 0.15) is 63.9 Å². The molecule has 2 N–H and O–H groups in total. The van der Waals surface area contributed by atoms with E-state index >= 15 is 0 Å². The molecule has 4 aromatic rings. The summed E-state index contributed by atoms with van der Waals surface area (Å²) in [7, 11) is 0. The van der Waals surface area contributed by atoms with Crippen molar-refractivity contribution in [3.05, 3.63) is 47.2 Å². The molecule has 0 bridgehead atoms. The van der Waals surface area contributed by atoms with Crippen LogP contribution in [0.15, 0.2) is 36.7 Å². The third kappa shape index (κ3) is 5.45. The summed E-state index contributed by atoms with van der Waals surface area (Å²) < 4.78 is 7.14. The van der Waals surface area contributed by atoms with E-state index in [1.165, 1.54) is 0 Å². The van der Waals surface area contributed by atoms with Crippen molar-refractivity contribution < 1.29 is 9.53 Å². The second kappa shape index (κ2) is 10.0. The molecule has 0 saturated heterocycles. The zero-order chi connectivity index (χ0) is 27.0. The Morgan fingerprint density at radius 2 is 2.00 bits per heavy atom. The van der Waals surface area contributed by atoms with Crippen LogP contribution in [0.3, 0.4) is 0 Å². The summed E-state index contributed by atoms with van der Waals surface area (Å²) in [6.07, 6.45) is 4.61. The van der Waals surface area contributed by atoms with Gasteiger partial charge in [0.05, 0.1) is 34.2 Å². The topological polar surface area (TPSA) is 130 Å². The number of fused-ring (bicyclic) bond motifs is 1. The second-order valence-electron chi connectivity index (χ2n) is 10.8. The van der Waals surface area contributed by atoms with Crippen LogP contribution in [-0.4, -0.2) is 48.6 Å². The maximum atomic E-state index is 12.0. The highest BCUT2D eigenvalue weighted by Crippen LogP contribution is 2.41. The Hall–Kier alpha value is -4.04. The number of pyridine rings is 1. The summed E-state index contributed by atoms with van der Waals surface area (Å²) in [6, 6.07) is 10.1. The van der Waals surface area contributed by atoms with Crippen molar-refractivity contribution in [3.63, 3.8) is 0 Å². The van der Waals surface area contributed by atoms with Crippen LogP contribution < -0.4 is 10.6 Å². The van der Waals surface area contributed by atoms with Crippen LogP contribution in [0.25, 0.3) is 27.5 Å². The lowest BCUT2D eigenvalue weighted by molar-refractivity contribution is 0.0471. The van der Waals surface area contributed by atoms with Crippen LogP contribution in [-0.2, 0) is 4.74 Å². The summed E-state index contributed by atoms with van der Waals surface area (Å²) in [5.74, 6) is 0.256. The first-order chi connectivity index (χ1) is 18.1. The van der Waals surface area contributed by atoms with E-state index in [1.54, 1.807) is 28.1 Å². The quantitative estimate of drug-likeness (QED) is 0.340. The minimum atomic E-state index is -0.515. The normalized spacial score (nSPS) is 17.2. The van der Waals surface area contributed by atoms with Gasteiger partial charge in [0.25, 0.3) is 0 Å². The second-order valence-corrected chi connectivity index (χ2v) is 11.8. The van der Waals surface area contributed by atoms with Crippen LogP contribution in [0.5, 0.6) is 0 Å². The fourth-order valence-electron chi connectivity index (χ4n) is 4.37. The van der Waals surface area contributed by atoms with Gasteiger partial charge in [-0.05, 0) is 71.7 Å². The molecule has 0 aromatic carbocycles. The Morgan fingerprint density at radius 1 is 1.21 bits per heavy atom. The maximum absolute atomic E-state index is 12.0. The van der Waals surface area contributed by atoms with Gasteiger partial charge < -0.3 is 15.4 Å². The number of carbonyl (C=O) groups excluding carboxylic acids is 1. The minimum absolute atomic E-state index is 0.0797. The fraction of sp³-hybridized carbons (Fsp3) is 0.407. The molecule has 0 spiro atoms. The number of hydrogen-bond acceptors (Lipinski definition) is 9. The van der Waals surface area contributed by atoms with Crippen LogP contribution in [0.2, 0.25) is 0 Å². The number of carbonyl (C=O) groups is 1. The summed E-state index contributed by atoms with van der Waals surface area (Å²) in [4.78, 5) is 16.8. The molecule has 196 valence electrons. The average molecular weight is 531 g/mol. The smallest absolute Gasteiger partial charge is 0.407 e. The van der Waals surface area contributed by atoms with Gasteiger partial charge in [0, 0.05) is 29.9 Å². The number of ether oxygens (including phenoxy) is 1. The van der Waals surface area contributed by atoms with Gasteiger partial charge in [-0.2, -0.15) is 10.4 Å². The number of anilines is 1. The Bertz CT molecular complexity index is 1520. The van der Waals surface area contributed by atoms with E-state index < -0.39 is 5.60 Å². The molecule has 38 heavy (non-hydrogen) atoms. The minimum Gasteiger partial charge on any atom is -0.444 e. The van der Waals surface area contributed by atoms with Gasteiger partial charge in [-0.15, -0.1) is 10.2 Å². The van der Waals surface area contributed by atoms with Gasteiger partial charge >= 0.3 is 6.09 Å². The SMILES string of the molecule is CC(C)Nc1cc(-c2ccc3cc(C#N)cnn23)ncc1-c1nnc([C@H]2C[C@H](NC(=O)OC(C)(C)C)C2)s1. The highest BCUT2D eigenvalue weighted by Gasteiger charge is 2.35. The molecule has 11 heteroatoms. The molecular weight excluding hydrogens is 500 g/mol. The predicted octanol–water partition coefficient (Wildman–Crippen LogP) is 5.38. The van der Waals surface area contributed by atoms with Gasteiger partial charge in [0.1, 0.15) is 16.7 Å². The van der Waals surface area contributed by atoms with E-state index in [4.69, 9.17) is 15.0 Å². The number of hydrogen-bond donors (Lipinski definition) is 2. The number of alkyl carbamates (subject to hydrolysis) is 1. The number of rotatable bonds is 6. The van der Waals surface area contributed by atoms with E-state index in [0.29, 0.717) is 5.56 Å². The maximum Gasteiger partial charge on any atom is 0.407 e. The first kappa shape index (κ1) is 25.6. The van der Waals surface area contributed by atoms with E-state index in [9.17, 15) is 4.79 Å². The summed E-state index contributed by atoms with van der Waals surface area (Å²) in [5, 5.41) is 30.7. The van der Waals surface area contributed by atoms with E-state index in [0.717, 1.165) is 51.0 Å². The van der Waals surface area contributed by atoms with Crippen LogP contribution in [0, 0.1) is 11.3 Å². The highest BCUT2D eigenvalue weighted by molar-refractivity contribution is 7.14. The molecule has 0 unspecified atom stereocenters. The Morgan fingerprint density at radius 3 is 2.71 bits per heavy atom. The molecule has 1 aliphatic rings. The first-order valence-electron chi connectivity index (χ1n) is 12.6. The summed E-state index contributed by atoms with van der Waals surface area (Å²) in [5.41, 5.74) is 4.21. The van der Waals surface area contributed by atoms with Crippen molar-refractivity contribution in [1.82, 2.24) is 30.1 Å². The zero-order valence-electron chi connectivity index (χ0n) is 22.0. The number of nitrogens with zero attached hydrogens (tertiary/aromatic N) is 6. The third-order valence-corrected chi connectivity index (χ3v) is 7.24. The highest BCUT2D eigenvalue weighted by atomic mass is 32.1. The predicted molar refractivity (Wildman–Crippen MR) is 146 cm³/mol. The van der Waals surface area contributed by atoms with Crippen LogP contribution in [0.4, 0.5) is 10.5 Å². The molecule has 0 radical (unpaired) electrons. The lowest BCUT2D eigenvalue weighted by atomic mass is 9.81. The van der Waals surface area contributed by atoms with Crippen LogP contribution >= 0.6 is 11.3 Å². The van der Waals surface area contributed by atoms with E-state index in [-0.39, 0.29) is 24.1 Å². The van der Waals surface area contributed by atoms with Crippen molar-refractivity contribution in [2.45, 2.75) is 71.1 Å². The molecular formula is C27H30N8O2S. The van der Waals surface area contributed by atoms with Crippen molar-refractivity contribution >= 4 is 28.6 Å². The van der Waals surface area contributed by atoms with Gasteiger partial charge in [-0.1, -0.05) is 11.3 Å². The number of aromatic nitrogens is 5. The molecule has 4 heterocycles. The third-order valence-electron chi connectivity index (χ3n) is 6.12. The summed E-state index contributed by atoms with van der Waals surface area (Å²) in [6.45, 7) is 9.72. The molecule has 0 atom stereocenters. The molecule has 10 nitrogen and oxygen atoms in total. The first-order valence-corrected chi connectivity index (χ1v) is 13.4. The Kier molecular flexibility index (Phi) is 6.75. The molecule has 5 rings (SSSR count). The Balaban J connectivity index is 1.35. The lowest BCUT2D eigenvalue weighted by Crippen LogP contribution is -2.45. The molecule has 4 aromatic heterocycles. The van der Waals surface area contributed by atoms with Gasteiger partial charge in [-0.25, -0.2) is 9.31 Å². The van der Waals surface area contributed by atoms with Crippen molar-refractivity contribution in [2.75, 3.05) is 5.32 Å². The van der Waals surface area contributed by atoms with Crippen molar-refractivity contribution in [2.24, 2.45) is 0 Å². The summed E-state index contributed by atoms with van der Waals surface area (Å²) >= 11 is 1.56. The van der Waals surface area contributed by atoms with E-state index in [2.05, 4.69) is 45.8 Å². The van der Waals surface area contributed by atoms with Crippen molar-refractivity contribution in [3.8, 4) is 28.0 Å². The van der Waals surface area contributed by atoms with E-state index in [1.807, 2.05) is 45.2 Å². The van der Waals surface area contributed by atoms with Gasteiger partial charge in [0.2, 0.25) is 0 Å². The number of nitrogens with one attached hydrogen (secondary N) is 2. The molecule has 0 aliphatic heterocycles. The average Bonchev–Trinajstić information content (AvgIpc) is 3.46. The van der Waals surface area contributed by atoms with Crippen molar-refractivity contribution in [1.29, 1.82) is 5.26 Å². The zero-order valence-corrected chi connectivity index (χ0v) is 22.8. The molecule has 1 saturated carbocycles. The molecule has 1 aliphatic carbocycles. The lowest BCUT2D eigenvalue weighted by Gasteiger charge is -2.34. The van der Waals surface area contributed by atoms with Gasteiger partial charge in [-0.3, -0.25) is 4.98 Å². The standard InChI is InChI=1S/C27H30N8O2S/c1-15(2)31-21-11-22(23-7-6-19-8-16(12-28)13-30-35(19)23)29-14-20(21)25-34-33-24(38-25)17-9-18(10-17)32-26(36)37-27(3,4)5/h6-8,11,13-15,17-18H,9-10H2,1-5H3,(H,29,31)(H,32,36)/t17-,18-. The Labute approximate surface area is 225 Å². The molecule has 1 fully saturated rings. The van der Waals surface area contributed by atoms with Gasteiger partial charge in [0.15, 0.2) is 5.01 Å². The largest absolute Gasteiger partial charge is 0.444 e. The number of nitriles is 1.